The van der Waals surface area contributed by atoms with Crippen LogP contribution in [-0.2, 0) is 14.4 Å². The summed E-state index contributed by atoms with van der Waals surface area (Å²) in [5.41, 5.74) is 0.410. The van der Waals surface area contributed by atoms with Crippen molar-refractivity contribution in [1.82, 2.24) is 9.96 Å². The summed E-state index contributed by atoms with van der Waals surface area (Å²) in [6, 6.07) is 12.5. The first-order valence-electron chi connectivity index (χ1n) is 8.98. The maximum Gasteiger partial charge on any atom is 0.318 e. The lowest BCUT2D eigenvalue weighted by Crippen LogP contribution is -2.41. The van der Waals surface area contributed by atoms with Gasteiger partial charge in [0.25, 0.3) is 17.7 Å². The molecule has 158 valence electrons. The highest BCUT2D eigenvalue weighted by atomic mass is 35.5. The van der Waals surface area contributed by atoms with Gasteiger partial charge in [0.1, 0.15) is 0 Å². The van der Waals surface area contributed by atoms with E-state index in [9.17, 15) is 22.8 Å². The number of halogens is 1. The Balaban J connectivity index is 1.81. The molecular weight excluding hydrogens is 444 g/mol. The molecule has 0 saturated heterocycles. The number of carbonyl (C=O) groups excluding carboxylic acids is 3. The Labute approximate surface area is 182 Å². The standard InChI is InChI=1S/C21H15ClN2O6S/c1-23(2)19(25)15-10-11-17-18-14(15)4-3-5-16(18)20(26)24(21(17)27)30-31(28,29)13-8-6-12(22)7-9-13/h3-11H,1-2H3. The Bertz CT molecular complexity index is 1340. The molecule has 0 N–H and O–H groups in total. The zero-order valence-electron chi connectivity index (χ0n) is 16.3. The van der Waals surface area contributed by atoms with E-state index in [0.717, 1.165) is 0 Å². The summed E-state index contributed by atoms with van der Waals surface area (Å²) in [7, 11) is -1.30. The van der Waals surface area contributed by atoms with Gasteiger partial charge in [-0.1, -0.05) is 23.7 Å². The average Bonchev–Trinajstić information content (AvgIpc) is 2.74. The molecule has 1 aliphatic heterocycles. The molecule has 0 aliphatic carbocycles. The van der Waals surface area contributed by atoms with Crippen LogP contribution in [0.5, 0.6) is 0 Å². The monoisotopic (exact) mass is 458 g/mol. The highest BCUT2D eigenvalue weighted by Gasteiger charge is 2.38. The second kappa shape index (κ2) is 7.45. The normalized spacial score (nSPS) is 13.6. The lowest BCUT2D eigenvalue weighted by atomic mass is 9.91. The molecule has 3 aromatic carbocycles. The van der Waals surface area contributed by atoms with Gasteiger partial charge in [0.05, 0.1) is 16.0 Å². The first kappa shape index (κ1) is 21.0. The molecule has 0 aromatic heterocycles. The largest absolute Gasteiger partial charge is 0.345 e. The van der Waals surface area contributed by atoms with Gasteiger partial charge in [0, 0.05) is 30.1 Å². The number of hydroxylamine groups is 2. The quantitative estimate of drug-likeness (QED) is 0.557. The van der Waals surface area contributed by atoms with Gasteiger partial charge < -0.3 is 4.90 Å². The molecule has 1 heterocycles. The number of amides is 3. The molecule has 0 saturated carbocycles. The van der Waals surface area contributed by atoms with E-state index in [4.69, 9.17) is 15.9 Å². The minimum Gasteiger partial charge on any atom is -0.345 e. The van der Waals surface area contributed by atoms with Crippen LogP contribution in [0.15, 0.2) is 59.5 Å². The van der Waals surface area contributed by atoms with Crippen LogP contribution < -0.4 is 0 Å². The molecule has 0 radical (unpaired) electrons. The van der Waals surface area contributed by atoms with E-state index in [1.165, 1.54) is 47.4 Å². The second-order valence-corrected chi connectivity index (χ2v) is 8.94. The van der Waals surface area contributed by atoms with Crippen LogP contribution in [-0.4, -0.2) is 50.2 Å². The van der Waals surface area contributed by atoms with Gasteiger partial charge in [-0.05, 0) is 47.9 Å². The molecule has 0 fully saturated rings. The van der Waals surface area contributed by atoms with Crippen molar-refractivity contribution in [2.75, 3.05) is 14.1 Å². The molecule has 1 aliphatic rings. The molecular formula is C21H15ClN2O6S. The van der Waals surface area contributed by atoms with Crippen molar-refractivity contribution in [3.05, 3.63) is 76.3 Å². The Morgan fingerprint density at radius 2 is 1.55 bits per heavy atom. The van der Waals surface area contributed by atoms with Crippen LogP contribution in [0, 0.1) is 0 Å². The summed E-state index contributed by atoms with van der Waals surface area (Å²) in [5, 5.41) is 1.21. The number of nitrogens with zero attached hydrogens (tertiary/aromatic N) is 2. The predicted molar refractivity (Wildman–Crippen MR) is 112 cm³/mol. The van der Waals surface area contributed by atoms with Crippen LogP contribution in [0.1, 0.15) is 31.1 Å². The van der Waals surface area contributed by atoms with Gasteiger partial charge in [0.15, 0.2) is 0 Å². The zero-order valence-corrected chi connectivity index (χ0v) is 17.9. The summed E-state index contributed by atoms with van der Waals surface area (Å²) < 4.78 is 30.1. The first-order chi connectivity index (χ1) is 14.6. The Kier molecular flexibility index (Phi) is 5.04. The average molecular weight is 459 g/mol. The fourth-order valence-electron chi connectivity index (χ4n) is 3.31. The lowest BCUT2D eigenvalue weighted by molar-refractivity contribution is -0.0155. The Morgan fingerprint density at radius 3 is 2.16 bits per heavy atom. The van der Waals surface area contributed by atoms with Crippen LogP contribution >= 0.6 is 11.6 Å². The molecule has 4 rings (SSSR count). The van der Waals surface area contributed by atoms with Gasteiger partial charge in [-0.15, -0.1) is 9.35 Å². The molecule has 0 unspecified atom stereocenters. The lowest BCUT2D eigenvalue weighted by Gasteiger charge is -2.26. The highest BCUT2D eigenvalue weighted by Crippen LogP contribution is 2.33. The molecule has 0 bridgehead atoms. The number of carbonyl (C=O) groups is 3. The minimum absolute atomic E-state index is 0.0480. The number of rotatable bonds is 4. The van der Waals surface area contributed by atoms with Crippen molar-refractivity contribution in [3.8, 4) is 0 Å². The molecule has 8 nitrogen and oxygen atoms in total. The van der Waals surface area contributed by atoms with Gasteiger partial charge in [-0.3, -0.25) is 14.4 Å². The van der Waals surface area contributed by atoms with Crippen LogP contribution in [0.3, 0.4) is 0 Å². The maximum atomic E-state index is 13.0. The predicted octanol–water partition coefficient (Wildman–Crippen LogP) is 3.11. The van der Waals surface area contributed by atoms with Crippen molar-refractivity contribution in [2.45, 2.75) is 4.90 Å². The van der Waals surface area contributed by atoms with E-state index < -0.39 is 21.9 Å². The summed E-state index contributed by atoms with van der Waals surface area (Å²) in [5.74, 6) is -2.20. The third kappa shape index (κ3) is 3.46. The summed E-state index contributed by atoms with van der Waals surface area (Å²) in [4.78, 5) is 39.6. The van der Waals surface area contributed by atoms with E-state index >= 15 is 0 Å². The SMILES string of the molecule is CN(C)C(=O)c1ccc2c3c(cccc13)C(=O)N(OS(=O)(=O)c1ccc(Cl)cc1)C2=O. The third-order valence-corrected chi connectivity index (χ3v) is 6.23. The molecule has 3 aromatic rings. The Morgan fingerprint density at radius 1 is 0.935 bits per heavy atom. The number of hydrogen-bond acceptors (Lipinski definition) is 6. The Hall–Kier alpha value is -3.27. The maximum absolute atomic E-state index is 13.0. The highest BCUT2D eigenvalue weighted by molar-refractivity contribution is 7.86. The second-order valence-electron chi connectivity index (χ2n) is 6.98. The molecule has 31 heavy (non-hydrogen) atoms. The van der Waals surface area contributed by atoms with Crippen molar-refractivity contribution < 1.29 is 27.1 Å². The van der Waals surface area contributed by atoms with Crippen LogP contribution in [0.4, 0.5) is 0 Å². The molecule has 10 heteroatoms. The van der Waals surface area contributed by atoms with Gasteiger partial charge in [-0.2, -0.15) is 8.42 Å². The van der Waals surface area contributed by atoms with Gasteiger partial charge in [-0.25, -0.2) is 0 Å². The van der Waals surface area contributed by atoms with Crippen LogP contribution in [0.25, 0.3) is 10.8 Å². The van der Waals surface area contributed by atoms with E-state index in [1.54, 1.807) is 26.2 Å². The molecule has 0 atom stereocenters. The first-order valence-corrected chi connectivity index (χ1v) is 10.8. The van der Waals surface area contributed by atoms with E-state index in [0.29, 0.717) is 16.0 Å². The van der Waals surface area contributed by atoms with E-state index in [1.807, 2.05) is 0 Å². The van der Waals surface area contributed by atoms with Gasteiger partial charge >= 0.3 is 10.1 Å². The summed E-state index contributed by atoms with van der Waals surface area (Å²) in [6.45, 7) is 0. The smallest absolute Gasteiger partial charge is 0.318 e. The van der Waals surface area contributed by atoms with Crippen molar-refractivity contribution in [1.29, 1.82) is 0 Å². The third-order valence-electron chi connectivity index (χ3n) is 4.78. The minimum atomic E-state index is -4.48. The summed E-state index contributed by atoms with van der Waals surface area (Å²) in [6.07, 6.45) is 0. The van der Waals surface area contributed by atoms with E-state index in [2.05, 4.69) is 0 Å². The number of benzene rings is 3. The zero-order chi connectivity index (χ0) is 22.5. The summed E-state index contributed by atoms with van der Waals surface area (Å²) >= 11 is 5.77. The topological polar surface area (TPSA) is 101 Å². The molecule has 0 spiro atoms. The van der Waals surface area contributed by atoms with Gasteiger partial charge in [0.2, 0.25) is 0 Å². The van der Waals surface area contributed by atoms with Crippen molar-refractivity contribution >= 4 is 50.2 Å². The number of imide groups is 1. The van der Waals surface area contributed by atoms with Crippen LogP contribution in [0.2, 0.25) is 5.02 Å². The van der Waals surface area contributed by atoms with Crippen molar-refractivity contribution in [2.24, 2.45) is 0 Å². The molecule has 3 amide bonds. The fourth-order valence-corrected chi connectivity index (χ4v) is 4.32. The van der Waals surface area contributed by atoms with Crippen molar-refractivity contribution in [3.63, 3.8) is 0 Å². The number of hydrogen-bond donors (Lipinski definition) is 0. The van der Waals surface area contributed by atoms with E-state index in [-0.39, 0.29) is 32.4 Å². The fraction of sp³-hybridized carbons (Fsp3) is 0.0952.